The van der Waals surface area contributed by atoms with E-state index in [2.05, 4.69) is 0 Å². The molecule has 1 heterocycles. The first kappa shape index (κ1) is 15.2. The Labute approximate surface area is 124 Å². The Bertz CT molecular complexity index is 719. The number of aromatic nitrogens is 1. The van der Waals surface area contributed by atoms with E-state index in [9.17, 15) is 4.79 Å². The van der Waals surface area contributed by atoms with Crippen LogP contribution in [0.15, 0.2) is 23.1 Å². The number of nitrogens with zero attached hydrogens (tertiary/aromatic N) is 1. The zero-order valence-electron chi connectivity index (χ0n) is 13.4. The molecular weight excluding hydrogens is 266 g/mol. The lowest BCUT2D eigenvalue weighted by molar-refractivity contribution is 0.389. The highest BCUT2D eigenvalue weighted by Crippen LogP contribution is 2.35. The van der Waals surface area contributed by atoms with E-state index in [0.717, 1.165) is 39.3 Å². The summed E-state index contributed by atoms with van der Waals surface area (Å²) in [5, 5.41) is 0. The molecule has 0 atom stereocenters. The average molecular weight is 287 g/mol. The lowest BCUT2D eigenvalue weighted by Gasteiger charge is -2.15. The number of methoxy groups -OCH3 is 2. The third kappa shape index (κ3) is 2.53. The van der Waals surface area contributed by atoms with Crippen molar-refractivity contribution in [3.05, 3.63) is 45.4 Å². The van der Waals surface area contributed by atoms with Crippen molar-refractivity contribution in [1.82, 2.24) is 4.57 Å². The van der Waals surface area contributed by atoms with E-state index >= 15 is 0 Å². The smallest absolute Gasteiger partial charge is 0.253 e. The van der Waals surface area contributed by atoms with Crippen LogP contribution in [-0.2, 0) is 7.05 Å². The van der Waals surface area contributed by atoms with Crippen molar-refractivity contribution in [2.45, 2.75) is 20.8 Å². The molecule has 0 saturated heterocycles. The van der Waals surface area contributed by atoms with Crippen LogP contribution < -0.4 is 15.0 Å². The van der Waals surface area contributed by atoms with E-state index in [-0.39, 0.29) is 5.56 Å². The largest absolute Gasteiger partial charge is 0.496 e. The van der Waals surface area contributed by atoms with Gasteiger partial charge in [0, 0.05) is 29.9 Å². The fourth-order valence-corrected chi connectivity index (χ4v) is 2.51. The summed E-state index contributed by atoms with van der Waals surface area (Å²) in [5.41, 5.74) is 4.71. The molecule has 0 radical (unpaired) electrons. The lowest BCUT2D eigenvalue weighted by Crippen LogP contribution is -2.20. The van der Waals surface area contributed by atoms with Crippen molar-refractivity contribution >= 4 is 0 Å². The van der Waals surface area contributed by atoms with Crippen LogP contribution in [0, 0.1) is 20.8 Å². The highest BCUT2D eigenvalue weighted by Gasteiger charge is 2.14. The molecule has 1 aromatic heterocycles. The number of hydrogen-bond donors (Lipinski definition) is 0. The van der Waals surface area contributed by atoms with Crippen LogP contribution in [0.25, 0.3) is 11.1 Å². The summed E-state index contributed by atoms with van der Waals surface area (Å²) in [5.74, 6) is 1.55. The Morgan fingerprint density at radius 1 is 0.905 bits per heavy atom. The summed E-state index contributed by atoms with van der Waals surface area (Å²) >= 11 is 0. The molecule has 0 aliphatic heterocycles. The quantitative estimate of drug-likeness (QED) is 0.871. The third-order valence-corrected chi connectivity index (χ3v) is 3.99. The van der Waals surface area contributed by atoms with Gasteiger partial charge in [0.25, 0.3) is 5.56 Å². The minimum atomic E-state index is 0.0299. The SMILES string of the molecule is COc1cc(-c2cn(C)c(=O)c(C)c2C)cc(OC)c1C. The molecule has 1 aromatic carbocycles. The van der Waals surface area contributed by atoms with Crippen LogP contribution in [-0.4, -0.2) is 18.8 Å². The fourth-order valence-electron chi connectivity index (χ4n) is 2.51. The minimum absolute atomic E-state index is 0.0299. The van der Waals surface area contributed by atoms with Crippen molar-refractivity contribution in [1.29, 1.82) is 0 Å². The van der Waals surface area contributed by atoms with Crippen molar-refractivity contribution in [2.24, 2.45) is 7.05 Å². The maximum absolute atomic E-state index is 12.0. The number of benzene rings is 1. The molecule has 112 valence electrons. The van der Waals surface area contributed by atoms with E-state index in [0.29, 0.717) is 0 Å². The zero-order chi connectivity index (χ0) is 15.7. The van der Waals surface area contributed by atoms with Crippen LogP contribution in [0.5, 0.6) is 11.5 Å². The molecule has 21 heavy (non-hydrogen) atoms. The van der Waals surface area contributed by atoms with Gasteiger partial charge in [0.05, 0.1) is 14.2 Å². The monoisotopic (exact) mass is 287 g/mol. The van der Waals surface area contributed by atoms with Crippen LogP contribution in [0.1, 0.15) is 16.7 Å². The second-order valence-electron chi connectivity index (χ2n) is 5.21. The highest BCUT2D eigenvalue weighted by atomic mass is 16.5. The summed E-state index contributed by atoms with van der Waals surface area (Å²) in [7, 11) is 5.05. The molecule has 0 aliphatic carbocycles. The minimum Gasteiger partial charge on any atom is -0.496 e. The molecule has 4 heteroatoms. The normalized spacial score (nSPS) is 10.6. The van der Waals surface area contributed by atoms with Gasteiger partial charge in [-0.1, -0.05) is 0 Å². The van der Waals surface area contributed by atoms with E-state index in [1.165, 1.54) is 0 Å². The first-order valence-electron chi connectivity index (χ1n) is 6.80. The standard InChI is InChI=1S/C17H21NO3/c1-10-11(2)17(19)18(4)9-14(10)13-7-15(20-5)12(3)16(8-13)21-6/h7-9H,1-6H3. The van der Waals surface area contributed by atoms with Gasteiger partial charge < -0.3 is 14.0 Å². The predicted octanol–water partition coefficient (Wildman–Crippen LogP) is 2.99. The molecule has 0 saturated carbocycles. The molecule has 0 fully saturated rings. The number of rotatable bonds is 3. The van der Waals surface area contributed by atoms with E-state index in [4.69, 9.17) is 9.47 Å². The van der Waals surface area contributed by atoms with Gasteiger partial charge in [-0.05, 0) is 44.0 Å². The molecule has 2 rings (SSSR count). The van der Waals surface area contributed by atoms with Crippen molar-refractivity contribution in [3.63, 3.8) is 0 Å². The van der Waals surface area contributed by atoms with Gasteiger partial charge >= 0.3 is 0 Å². The van der Waals surface area contributed by atoms with Gasteiger partial charge in [-0.25, -0.2) is 0 Å². The first-order valence-corrected chi connectivity index (χ1v) is 6.80. The molecule has 0 N–H and O–H groups in total. The topological polar surface area (TPSA) is 40.5 Å². The summed E-state index contributed by atoms with van der Waals surface area (Å²) < 4.78 is 12.5. The van der Waals surface area contributed by atoms with Gasteiger partial charge in [0.2, 0.25) is 0 Å². The molecule has 0 unspecified atom stereocenters. The number of hydrogen-bond acceptors (Lipinski definition) is 3. The summed E-state index contributed by atoms with van der Waals surface area (Å²) in [6, 6.07) is 3.95. The summed E-state index contributed by atoms with van der Waals surface area (Å²) in [4.78, 5) is 12.0. The van der Waals surface area contributed by atoms with Crippen molar-refractivity contribution in [3.8, 4) is 22.6 Å². The van der Waals surface area contributed by atoms with Crippen LogP contribution >= 0.6 is 0 Å². The van der Waals surface area contributed by atoms with Crippen LogP contribution in [0.3, 0.4) is 0 Å². The molecule has 0 bridgehead atoms. The van der Waals surface area contributed by atoms with E-state index in [1.807, 2.05) is 39.1 Å². The fraction of sp³-hybridized carbons (Fsp3) is 0.353. The Hall–Kier alpha value is -2.23. The van der Waals surface area contributed by atoms with E-state index < -0.39 is 0 Å². The maximum atomic E-state index is 12.0. The van der Waals surface area contributed by atoms with Gasteiger partial charge in [0.1, 0.15) is 11.5 Å². The molecule has 0 spiro atoms. The Kier molecular flexibility index (Phi) is 4.07. The molecular formula is C17H21NO3. The van der Waals surface area contributed by atoms with Crippen LogP contribution in [0.2, 0.25) is 0 Å². The average Bonchev–Trinajstić information content (AvgIpc) is 2.49. The summed E-state index contributed by atoms with van der Waals surface area (Å²) in [6.45, 7) is 5.77. The van der Waals surface area contributed by atoms with Crippen molar-refractivity contribution < 1.29 is 9.47 Å². The van der Waals surface area contributed by atoms with Crippen molar-refractivity contribution in [2.75, 3.05) is 14.2 Å². The Morgan fingerprint density at radius 3 is 1.90 bits per heavy atom. The molecule has 0 amide bonds. The second-order valence-corrected chi connectivity index (χ2v) is 5.21. The highest BCUT2D eigenvalue weighted by molar-refractivity contribution is 5.72. The second kappa shape index (κ2) is 5.64. The Balaban J connectivity index is 2.76. The first-order chi connectivity index (χ1) is 9.90. The van der Waals surface area contributed by atoms with Crippen LogP contribution in [0.4, 0.5) is 0 Å². The predicted molar refractivity (Wildman–Crippen MR) is 84.4 cm³/mol. The van der Waals surface area contributed by atoms with Gasteiger partial charge in [-0.3, -0.25) is 4.79 Å². The van der Waals surface area contributed by atoms with Gasteiger partial charge in [-0.15, -0.1) is 0 Å². The number of aryl methyl sites for hydroxylation is 1. The third-order valence-electron chi connectivity index (χ3n) is 3.99. The number of pyridine rings is 1. The van der Waals surface area contributed by atoms with E-state index in [1.54, 1.807) is 25.8 Å². The zero-order valence-corrected chi connectivity index (χ0v) is 13.4. The lowest BCUT2D eigenvalue weighted by atomic mass is 9.97. The van der Waals surface area contributed by atoms with Gasteiger partial charge in [0.15, 0.2) is 0 Å². The Morgan fingerprint density at radius 2 is 1.43 bits per heavy atom. The van der Waals surface area contributed by atoms with Gasteiger partial charge in [-0.2, -0.15) is 0 Å². The summed E-state index contributed by atoms with van der Waals surface area (Å²) in [6.07, 6.45) is 1.86. The maximum Gasteiger partial charge on any atom is 0.253 e. The molecule has 2 aromatic rings. The number of ether oxygens (including phenoxy) is 2. The molecule has 4 nitrogen and oxygen atoms in total. The molecule has 0 aliphatic rings.